The molecule has 6 heteroatoms. The number of hydrogen-bond acceptors (Lipinski definition) is 6. The zero-order chi connectivity index (χ0) is 21.2. The van der Waals surface area contributed by atoms with E-state index in [0.29, 0.717) is 6.61 Å². The van der Waals surface area contributed by atoms with E-state index in [2.05, 4.69) is 29.1 Å². The minimum Gasteiger partial charge on any atom is -0.494 e. The van der Waals surface area contributed by atoms with Crippen molar-refractivity contribution < 1.29 is 4.74 Å². The van der Waals surface area contributed by atoms with Crippen molar-refractivity contribution in [1.29, 1.82) is 0 Å². The number of pyridine rings is 1. The number of aromatic nitrogens is 3. The van der Waals surface area contributed by atoms with Crippen molar-refractivity contribution in [1.82, 2.24) is 15.0 Å². The van der Waals surface area contributed by atoms with Gasteiger partial charge >= 0.3 is 0 Å². The van der Waals surface area contributed by atoms with Gasteiger partial charge in [-0.1, -0.05) is 12.1 Å². The maximum Gasteiger partial charge on any atom is 0.164 e. The van der Waals surface area contributed by atoms with Gasteiger partial charge in [-0.3, -0.25) is 4.98 Å². The number of thiophene rings is 1. The van der Waals surface area contributed by atoms with Crippen LogP contribution in [0.4, 0.5) is 5.82 Å². The number of nitrogens with zero attached hydrogens (tertiary/aromatic N) is 4. The van der Waals surface area contributed by atoms with Crippen LogP contribution in [0.2, 0.25) is 0 Å². The standard InChI is InChI=1S/C25H26N4OS/c1-3-30-19-12-10-17(11-13-19)16-29(2)24-22-20-8-4-5-9-21(20)31-25(22)28-23(27-24)18-7-6-14-26-15-18/h6-7,10-15H,3-5,8-9,16H2,1-2H3. The van der Waals surface area contributed by atoms with Crippen LogP contribution in [-0.2, 0) is 19.4 Å². The van der Waals surface area contributed by atoms with E-state index in [9.17, 15) is 0 Å². The lowest BCUT2D eigenvalue weighted by molar-refractivity contribution is 0.340. The maximum atomic E-state index is 5.59. The molecule has 1 aliphatic carbocycles. The number of anilines is 1. The van der Waals surface area contributed by atoms with Crippen LogP contribution in [0.3, 0.4) is 0 Å². The average molecular weight is 431 g/mol. The normalized spacial score (nSPS) is 13.2. The van der Waals surface area contributed by atoms with Gasteiger partial charge in [-0.15, -0.1) is 11.3 Å². The molecule has 0 N–H and O–H groups in total. The lowest BCUT2D eigenvalue weighted by Crippen LogP contribution is -2.19. The summed E-state index contributed by atoms with van der Waals surface area (Å²) in [6, 6.07) is 12.3. The van der Waals surface area contributed by atoms with E-state index in [-0.39, 0.29) is 0 Å². The molecule has 3 heterocycles. The Bertz CT molecular complexity index is 1190. The summed E-state index contributed by atoms with van der Waals surface area (Å²) < 4.78 is 5.59. The van der Waals surface area contributed by atoms with Gasteiger partial charge in [0.15, 0.2) is 5.82 Å². The maximum absolute atomic E-state index is 5.59. The van der Waals surface area contributed by atoms with E-state index in [1.54, 1.807) is 6.20 Å². The van der Waals surface area contributed by atoms with Gasteiger partial charge in [-0.2, -0.15) is 0 Å². The quantitative estimate of drug-likeness (QED) is 0.395. The highest BCUT2D eigenvalue weighted by atomic mass is 32.1. The molecule has 31 heavy (non-hydrogen) atoms. The van der Waals surface area contributed by atoms with Crippen molar-refractivity contribution in [3.8, 4) is 17.1 Å². The van der Waals surface area contributed by atoms with Gasteiger partial charge in [-0.05, 0) is 68.0 Å². The Morgan fingerprint density at radius 1 is 1.06 bits per heavy atom. The van der Waals surface area contributed by atoms with E-state index in [0.717, 1.165) is 47.2 Å². The SMILES string of the molecule is CCOc1ccc(CN(C)c2nc(-c3cccnc3)nc3sc4c(c23)CCCC4)cc1. The van der Waals surface area contributed by atoms with Crippen molar-refractivity contribution in [2.24, 2.45) is 0 Å². The molecular weight excluding hydrogens is 404 g/mol. The molecule has 0 atom stereocenters. The monoisotopic (exact) mass is 430 g/mol. The molecule has 0 fully saturated rings. The Labute approximate surface area is 186 Å². The van der Waals surface area contributed by atoms with Crippen molar-refractivity contribution in [3.05, 3.63) is 64.8 Å². The molecule has 5 rings (SSSR count). The molecule has 0 radical (unpaired) electrons. The predicted molar refractivity (Wildman–Crippen MR) is 127 cm³/mol. The second kappa shape index (κ2) is 8.63. The first-order valence-corrected chi connectivity index (χ1v) is 11.7. The second-order valence-corrected chi connectivity index (χ2v) is 9.02. The van der Waals surface area contributed by atoms with Gasteiger partial charge in [0.2, 0.25) is 0 Å². The summed E-state index contributed by atoms with van der Waals surface area (Å²) in [6.45, 7) is 3.46. The number of benzene rings is 1. The van der Waals surface area contributed by atoms with Crippen LogP contribution in [0, 0.1) is 0 Å². The number of rotatable bonds is 6. The molecule has 1 aliphatic rings. The molecule has 158 valence electrons. The van der Waals surface area contributed by atoms with Gasteiger partial charge in [0.1, 0.15) is 16.4 Å². The fourth-order valence-corrected chi connectivity index (χ4v) is 5.50. The zero-order valence-electron chi connectivity index (χ0n) is 18.0. The first-order chi connectivity index (χ1) is 15.2. The van der Waals surface area contributed by atoms with Gasteiger partial charge in [0.25, 0.3) is 0 Å². The molecule has 5 nitrogen and oxygen atoms in total. The summed E-state index contributed by atoms with van der Waals surface area (Å²) in [5.74, 6) is 2.66. The Kier molecular flexibility index (Phi) is 5.55. The van der Waals surface area contributed by atoms with E-state index >= 15 is 0 Å². The Morgan fingerprint density at radius 3 is 2.68 bits per heavy atom. The van der Waals surface area contributed by atoms with Crippen LogP contribution in [-0.4, -0.2) is 28.6 Å². The zero-order valence-corrected chi connectivity index (χ0v) is 18.8. The van der Waals surface area contributed by atoms with Crippen molar-refractivity contribution in [2.45, 2.75) is 39.2 Å². The van der Waals surface area contributed by atoms with Crippen LogP contribution in [0.25, 0.3) is 21.6 Å². The van der Waals surface area contributed by atoms with Crippen molar-refractivity contribution >= 4 is 27.4 Å². The lowest BCUT2D eigenvalue weighted by atomic mass is 9.97. The van der Waals surface area contributed by atoms with E-state index in [1.165, 1.54) is 34.2 Å². The summed E-state index contributed by atoms with van der Waals surface area (Å²) in [5.41, 5.74) is 3.63. The number of aryl methyl sites for hydroxylation is 2. The Balaban J connectivity index is 1.57. The first kappa shape index (κ1) is 19.9. The fraction of sp³-hybridized carbons (Fsp3) is 0.320. The van der Waals surface area contributed by atoms with Crippen molar-refractivity contribution in [3.63, 3.8) is 0 Å². The smallest absolute Gasteiger partial charge is 0.164 e. The van der Waals surface area contributed by atoms with E-state index in [4.69, 9.17) is 14.7 Å². The molecule has 0 saturated carbocycles. The molecule has 0 saturated heterocycles. The molecule has 0 unspecified atom stereocenters. The predicted octanol–water partition coefficient (Wildman–Crippen LogP) is 5.67. The lowest BCUT2D eigenvalue weighted by Gasteiger charge is -2.21. The Hall–Kier alpha value is -2.99. The summed E-state index contributed by atoms with van der Waals surface area (Å²) in [7, 11) is 2.12. The molecule has 3 aromatic heterocycles. The minimum atomic E-state index is 0.679. The summed E-state index contributed by atoms with van der Waals surface area (Å²) in [5, 5.41) is 1.24. The van der Waals surface area contributed by atoms with Crippen LogP contribution >= 0.6 is 11.3 Å². The molecular formula is C25H26N4OS. The molecule has 1 aromatic carbocycles. The van der Waals surface area contributed by atoms with Crippen LogP contribution in [0.1, 0.15) is 35.8 Å². The molecule has 0 amide bonds. The van der Waals surface area contributed by atoms with Gasteiger partial charge in [-0.25, -0.2) is 9.97 Å². The largest absolute Gasteiger partial charge is 0.494 e. The number of ether oxygens (including phenoxy) is 1. The molecule has 0 aliphatic heterocycles. The van der Waals surface area contributed by atoms with Gasteiger partial charge in [0.05, 0.1) is 12.0 Å². The average Bonchev–Trinajstić information content (AvgIpc) is 3.19. The fourth-order valence-electron chi connectivity index (χ4n) is 4.25. The third-order valence-electron chi connectivity index (χ3n) is 5.73. The number of fused-ring (bicyclic) bond motifs is 3. The second-order valence-electron chi connectivity index (χ2n) is 7.94. The third kappa shape index (κ3) is 4.00. The Morgan fingerprint density at radius 2 is 1.90 bits per heavy atom. The highest BCUT2D eigenvalue weighted by molar-refractivity contribution is 7.19. The van der Waals surface area contributed by atoms with Crippen LogP contribution in [0.15, 0.2) is 48.8 Å². The minimum absolute atomic E-state index is 0.679. The van der Waals surface area contributed by atoms with Crippen LogP contribution < -0.4 is 9.64 Å². The molecule has 4 aromatic rings. The first-order valence-electron chi connectivity index (χ1n) is 10.9. The van der Waals surface area contributed by atoms with Gasteiger partial charge in [0, 0.05) is 36.4 Å². The van der Waals surface area contributed by atoms with Crippen molar-refractivity contribution in [2.75, 3.05) is 18.6 Å². The summed E-state index contributed by atoms with van der Waals surface area (Å²) >= 11 is 1.84. The molecule has 0 spiro atoms. The molecule has 0 bridgehead atoms. The topological polar surface area (TPSA) is 51.1 Å². The summed E-state index contributed by atoms with van der Waals surface area (Å²) in [4.78, 5) is 19.1. The van der Waals surface area contributed by atoms with E-state index in [1.807, 2.05) is 48.7 Å². The summed E-state index contributed by atoms with van der Waals surface area (Å²) in [6.07, 6.45) is 8.40. The third-order valence-corrected chi connectivity index (χ3v) is 6.92. The number of hydrogen-bond donors (Lipinski definition) is 0. The van der Waals surface area contributed by atoms with E-state index < -0.39 is 0 Å². The van der Waals surface area contributed by atoms with Gasteiger partial charge < -0.3 is 9.64 Å². The highest BCUT2D eigenvalue weighted by Gasteiger charge is 2.23. The highest BCUT2D eigenvalue weighted by Crippen LogP contribution is 2.40. The van der Waals surface area contributed by atoms with Crippen LogP contribution in [0.5, 0.6) is 5.75 Å².